The normalized spacial score (nSPS) is 20.6. The Hall–Kier alpha value is -2.10. The molecule has 4 nitrogen and oxygen atoms in total. The van der Waals surface area contributed by atoms with Crippen molar-refractivity contribution in [3.8, 4) is 6.07 Å². The highest BCUT2D eigenvalue weighted by Gasteiger charge is 2.42. The van der Waals surface area contributed by atoms with E-state index in [9.17, 15) is 4.79 Å². The molecule has 4 rings (SSSR count). The molecule has 0 amide bonds. The second-order valence-corrected chi connectivity index (χ2v) is 9.05. The van der Waals surface area contributed by atoms with Gasteiger partial charge in [0.05, 0.1) is 5.69 Å². The van der Waals surface area contributed by atoms with Gasteiger partial charge in [-0.2, -0.15) is 5.26 Å². The Morgan fingerprint density at radius 2 is 2.11 bits per heavy atom. The molecule has 28 heavy (non-hydrogen) atoms. The zero-order chi connectivity index (χ0) is 19.8. The highest BCUT2D eigenvalue weighted by molar-refractivity contribution is 9.10. The third-order valence-electron chi connectivity index (χ3n) is 5.59. The summed E-state index contributed by atoms with van der Waals surface area (Å²) in [7, 11) is 0. The predicted molar refractivity (Wildman–Crippen MR) is 116 cm³/mol. The fourth-order valence-electron chi connectivity index (χ4n) is 4.49. The van der Waals surface area contributed by atoms with Crippen LogP contribution in [0.5, 0.6) is 0 Å². The summed E-state index contributed by atoms with van der Waals surface area (Å²) in [5, 5.41) is 18.2. The first kappa shape index (κ1) is 19.2. The smallest absolute Gasteiger partial charge is 0.346 e. The molecule has 2 atom stereocenters. The standard InChI is InChI=1S/C22H18Br2N2O2/c23-16-4-1-3-13(8-16)12-26-20-6-2-5-17(20)18-9-14(10-19(24)21(18)26)7-15(11-25)22(27)28/h1,3-4,7-10,17,20H,2,5-6,12H2,(H,27,28). The van der Waals surface area contributed by atoms with Crippen LogP contribution in [0.25, 0.3) is 6.08 Å². The fraction of sp³-hybridized carbons (Fsp3) is 0.273. The molecule has 2 aliphatic rings. The number of hydrogen-bond donors (Lipinski definition) is 1. The number of benzene rings is 2. The minimum Gasteiger partial charge on any atom is -0.477 e. The number of carbonyl (C=O) groups is 1. The molecule has 1 N–H and O–H groups in total. The number of aliphatic carboxylic acids is 1. The molecule has 1 aliphatic heterocycles. The van der Waals surface area contributed by atoms with E-state index in [4.69, 9.17) is 10.4 Å². The van der Waals surface area contributed by atoms with E-state index in [1.54, 1.807) is 6.07 Å². The Morgan fingerprint density at radius 1 is 1.29 bits per heavy atom. The van der Waals surface area contributed by atoms with E-state index >= 15 is 0 Å². The van der Waals surface area contributed by atoms with E-state index in [1.807, 2.05) is 12.1 Å². The van der Waals surface area contributed by atoms with Crippen molar-refractivity contribution < 1.29 is 9.90 Å². The molecule has 2 aromatic carbocycles. The number of rotatable bonds is 4. The quantitative estimate of drug-likeness (QED) is 0.421. The van der Waals surface area contributed by atoms with Gasteiger partial charge in [0.2, 0.25) is 0 Å². The molecule has 142 valence electrons. The predicted octanol–water partition coefficient (Wildman–Crippen LogP) is 5.86. The van der Waals surface area contributed by atoms with Crippen LogP contribution in [0.4, 0.5) is 5.69 Å². The van der Waals surface area contributed by atoms with Gasteiger partial charge < -0.3 is 10.0 Å². The molecule has 1 saturated carbocycles. The monoisotopic (exact) mass is 500 g/mol. The lowest BCUT2D eigenvalue weighted by molar-refractivity contribution is -0.132. The number of nitrogens with zero attached hydrogens (tertiary/aromatic N) is 2. The van der Waals surface area contributed by atoms with Crippen molar-refractivity contribution in [3.05, 3.63) is 67.6 Å². The minimum atomic E-state index is -1.20. The summed E-state index contributed by atoms with van der Waals surface area (Å²) in [5.41, 5.74) is 4.20. The number of fused-ring (bicyclic) bond motifs is 3. The largest absolute Gasteiger partial charge is 0.477 e. The number of hydrogen-bond acceptors (Lipinski definition) is 3. The van der Waals surface area contributed by atoms with Crippen LogP contribution in [0.15, 0.2) is 50.9 Å². The molecule has 2 unspecified atom stereocenters. The Balaban J connectivity index is 1.76. The third-order valence-corrected chi connectivity index (χ3v) is 6.68. The Labute approximate surface area is 180 Å². The minimum absolute atomic E-state index is 0.251. The zero-order valence-electron chi connectivity index (χ0n) is 15.0. The Bertz CT molecular complexity index is 1030. The van der Waals surface area contributed by atoms with Crippen LogP contribution >= 0.6 is 31.9 Å². The van der Waals surface area contributed by atoms with Gasteiger partial charge in [-0.1, -0.05) is 34.5 Å². The maximum absolute atomic E-state index is 11.2. The van der Waals surface area contributed by atoms with Crippen LogP contribution < -0.4 is 4.90 Å². The number of carboxylic acid groups (broad SMARTS) is 1. The maximum atomic E-state index is 11.2. The molecular formula is C22H18Br2N2O2. The van der Waals surface area contributed by atoms with Gasteiger partial charge >= 0.3 is 5.97 Å². The third kappa shape index (κ3) is 3.49. The van der Waals surface area contributed by atoms with Gasteiger partial charge in [-0.3, -0.25) is 0 Å². The molecule has 0 radical (unpaired) electrons. The van der Waals surface area contributed by atoms with Gasteiger partial charge in [-0.05, 0) is 75.8 Å². The Morgan fingerprint density at radius 3 is 2.82 bits per heavy atom. The molecule has 1 fully saturated rings. The molecule has 0 spiro atoms. The van der Waals surface area contributed by atoms with Gasteiger partial charge in [-0.25, -0.2) is 4.79 Å². The molecule has 0 aromatic heterocycles. The van der Waals surface area contributed by atoms with Gasteiger partial charge in [0.1, 0.15) is 11.6 Å². The highest BCUT2D eigenvalue weighted by atomic mass is 79.9. The van der Waals surface area contributed by atoms with E-state index in [2.05, 4.69) is 61.0 Å². The first-order chi connectivity index (χ1) is 13.5. The van der Waals surface area contributed by atoms with E-state index in [-0.39, 0.29) is 5.57 Å². The van der Waals surface area contributed by atoms with Gasteiger partial charge in [0.25, 0.3) is 0 Å². The van der Waals surface area contributed by atoms with E-state index < -0.39 is 5.97 Å². The molecule has 0 bridgehead atoms. The van der Waals surface area contributed by atoms with Crippen LogP contribution in [0.2, 0.25) is 0 Å². The van der Waals surface area contributed by atoms with Gasteiger partial charge in [0, 0.05) is 27.4 Å². The van der Waals surface area contributed by atoms with Crippen molar-refractivity contribution in [2.75, 3.05) is 4.90 Å². The van der Waals surface area contributed by atoms with E-state index in [1.165, 1.54) is 29.3 Å². The van der Waals surface area contributed by atoms with E-state index in [0.29, 0.717) is 12.0 Å². The summed E-state index contributed by atoms with van der Waals surface area (Å²) >= 11 is 7.27. The average Bonchev–Trinajstić information content (AvgIpc) is 3.23. The SMILES string of the molecule is N#CC(=Cc1cc(Br)c2c(c1)C1CCCC1N2Cc1cccc(Br)c1)C(=O)O. The van der Waals surface area contributed by atoms with Crippen molar-refractivity contribution in [1.29, 1.82) is 5.26 Å². The molecule has 1 heterocycles. The lowest BCUT2D eigenvalue weighted by Gasteiger charge is -2.28. The lowest BCUT2D eigenvalue weighted by Crippen LogP contribution is -2.30. The number of anilines is 1. The first-order valence-electron chi connectivity index (χ1n) is 9.17. The first-order valence-corrected chi connectivity index (χ1v) is 10.8. The second-order valence-electron chi connectivity index (χ2n) is 7.28. The number of nitriles is 1. The van der Waals surface area contributed by atoms with Gasteiger partial charge in [0.15, 0.2) is 0 Å². The van der Waals surface area contributed by atoms with Crippen molar-refractivity contribution >= 4 is 49.6 Å². The lowest BCUT2D eigenvalue weighted by atomic mass is 9.95. The van der Waals surface area contributed by atoms with Crippen LogP contribution in [0.1, 0.15) is 41.9 Å². The Kier molecular flexibility index (Phi) is 5.31. The van der Waals surface area contributed by atoms with Crippen LogP contribution in [0, 0.1) is 11.3 Å². The molecular weight excluding hydrogens is 484 g/mol. The molecule has 6 heteroatoms. The fourth-order valence-corrected chi connectivity index (χ4v) is 5.66. The van der Waals surface area contributed by atoms with Crippen molar-refractivity contribution in [3.63, 3.8) is 0 Å². The summed E-state index contributed by atoms with van der Waals surface area (Å²) < 4.78 is 2.02. The van der Waals surface area contributed by atoms with Crippen LogP contribution in [-0.2, 0) is 11.3 Å². The summed E-state index contributed by atoms with van der Waals surface area (Å²) in [6.07, 6.45) is 4.94. The second kappa shape index (κ2) is 7.73. The van der Waals surface area contributed by atoms with Crippen molar-refractivity contribution in [1.82, 2.24) is 0 Å². The molecule has 1 aliphatic carbocycles. The summed E-state index contributed by atoms with van der Waals surface area (Å²) in [5.74, 6) is -0.753. The highest BCUT2D eigenvalue weighted by Crippen LogP contribution is 2.52. The van der Waals surface area contributed by atoms with E-state index in [0.717, 1.165) is 33.9 Å². The summed E-state index contributed by atoms with van der Waals surface area (Å²) in [6.45, 7) is 0.833. The molecule has 0 saturated heterocycles. The average molecular weight is 502 g/mol. The number of carboxylic acids is 1. The van der Waals surface area contributed by atoms with Gasteiger partial charge in [-0.15, -0.1) is 0 Å². The summed E-state index contributed by atoms with van der Waals surface area (Å²) in [4.78, 5) is 13.7. The van der Waals surface area contributed by atoms with Crippen molar-refractivity contribution in [2.45, 2.75) is 37.8 Å². The molecule has 2 aromatic rings. The summed E-state index contributed by atoms with van der Waals surface area (Å²) in [6, 6.07) is 14.6. The number of halogens is 2. The zero-order valence-corrected chi connectivity index (χ0v) is 18.2. The van der Waals surface area contributed by atoms with Crippen LogP contribution in [0.3, 0.4) is 0 Å². The topological polar surface area (TPSA) is 64.3 Å². The van der Waals surface area contributed by atoms with Crippen molar-refractivity contribution in [2.24, 2.45) is 0 Å². The van der Waals surface area contributed by atoms with Crippen LogP contribution in [-0.4, -0.2) is 17.1 Å². The maximum Gasteiger partial charge on any atom is 0.346 e.